The molecule has 3 rings (SSSR count). The molecule has 2 aromatic carbocycles. The predicted molar refractivity (Wildman–Crippen MR) is 112 cm³/mol. The Kier molecular flexibility index (Phi) is 6.82. The molecule has 0 bridgehead atoms. The highest BCUT2D eigenvalue weighted by Gasteiger charge is 2.26. The monoisotopic (exact) mass is 379 g/mol. The van der Waals surface area contributed by atoms with E-state index in [1.807, 2.05) is 68.4 Å². The van der Waals surface area contributed by atoms with Crippen molar-refractivity contribution in [1.29, 1.82) is 0 Å². The van der Waals surface area contributed by atoms with Gasteiger partial charge in [-0.1, -0.05) is 48.0 Å². The Morgan fingerprint density at radius 1 is 1.04 bits per heavy atom. The van der Waals surface area contributed by atoms with Crippen molar-refractivity contribution in [2.45, 2.75) is 32.7 Å². The molecule has 0 saturated carbocycles. The van der Waals surface area contributed by atoms with Gasteiger partial charge in [-0.05, 0) is 57.5 Å². The summed E-state index contributed by atoms with van der Waals surface area (Å²) < 4.78 is 0. The zero-order valence-electron chi connectivity index (χ0n) is 16.7. The van der Waals surface area contributed by atoms with Gasteiger partial charge in [0.2, 0.25) is 11.8 Å². The summed E-state index contributed by atoms with van der Waals surface area (Å²) in [6, 6.07) is 17.8. The van der Waals surface area contributed by atoms with Gasteiger partial charge < -0.3 is 10.6 Å². The molecule has 148 valence electrons. The highest BCUT2D eigenvalue weighted by atomic mass is 16.2. The van der Waals surface area contributed by atoms with E-state index in [0.717, 1.165) is 37.2 Å². The molecule has 2 amide bonds. The Bertz CT molecular complexity index is 781. The molecule has 1 atom stereocenters. The number of piperidine rings is 1. The van der Waals surface area contributed by atoms with Crippen LogP contribution in [0.5, 0.6) is 0 Å². The minimum Gasteiger partial charge on any atom is -0.349 e. The van der Waals surface area contributed by atoms with Crippen molar-refractivity contribution < 1.29 is 9.59 Å². The van der Waals surface area contributed by atoms with Crippen LogP contribution in [0.25, 0.3) is 0 Å². The third-order valence-electron chi connectivity index (χ3n) is 5.32. The molecule has 1 aliphatic rings. The number of hydrogen-bond donors (Lipinski definition) is 2. The Morgan fingerprint density at radius 2 is 1.68 bits per heavy atom. The molecule has 2 aromatic rings. The van der Waals surface area contributed by atoms with Gasteiger partial charge >= 0.3 is 0 Å². The fraction of sp³-hybridized carbons (Fsp3) is 0.391. The second-order valence-electron chi connectivity index (χ2n) is 7.61. The quantitative estimate of drug-likeness (QED) is 0.807. The molecule has 1 unspecified atom stereocenters. The number of carbonyl (C=O) groups excluding carboxylic acids is 2. The summed E-state index contributed by atoms with van der Waals surface area (Å²) in [7, 11) is 0. The van der Waals surface area contributed by atoms with Gasteiger partial charge in [0, 0.05) is 11.6 Å². The Hall–Kier alpha value is -2.66. The molecular formula is C23H29N3O2. The number of anilines is 1. The maximum absolute atomic E-state index is 12.6. The van der Waals surface area contributed by atoms with Crippen LogP contribution in [0.2, 0.25) is 0 Å². The summed E-state index contributed by atoms with van der Waals surface area (Å²) in [5, 5.41) is 6.06. The summed E-state index contributed by atoms with van der Waals surface area (Å²) in [5.41, 5.74) is 3.10. The smallest absolute Gasteiger partial charge is 0.238 e. The number of aryl methyl sites for hydroxylation is 1. The van der Waals surface area contributed by atoms with Crippen molar-refractivity contribution in [3.63, 3.8) is 0 Å². The number of nitrogens with one attached hydrogen (secondary N) is 2. The first-order chi connectivity index (χ1) is 13.5. The largest absolute Gasteiger partial charge is 0.349 e. The minimum atomic E-state index is -0.00976. The van der Waals surface area contributed by atoms with Crippen molar-refractivity contribution in [3.05, 3.63) is 65.7 Å². The van der Waals surface area contributed by atoms with E-state index in [4.69, 9.17) is 0 Å². The number of amides is 2. The third-order valence-corrected chi connectivity index (χ3v) is 5.32. The summed E-state index contributed by atoms with van der Waals surface area (Å²) in [6.07, 6.45) is 1.57. The van der Waals surface area contributed by atoms with Crippen LogP contribution < -0.4 is 10.6 Å². The molecule has 1 fully saturated rings. The molecule has 0 aromatic heterocycles. The fourth-order valence-corrected chi connectivity index (χ4v) is 3.55. The predicted octanol–water partition coefficient (Wildman–Crippen LogP) is 3.52. The first kappa shape index (κ1) is 20.1. The number of likely N-dealkylation sites (tertiary alicyclic amines) is 1. The van der Waals surface area contributed by atoms with Gasteiger partial charge in [0.05, 0.1) is 12.6 Å². The first-order valence-corrected chi connectivity index (χ1v) is 9.95. The highest BCUT2D eigenvalue weighted by Crippen LogP contribution is 2.20. The van der Waals surface area contributed by atoms with Gasteiger partial charge in [-0.2, -0.15) is 0 Å². The van der Waals surface area contributed by atoms with Crippen LogP contribution in [0.1, 0.15) is 36.9 Å². The molecule has 5 heteroatoms. The van der Waals surface area contributed by atoms with Gasteiger partial charge in [-0.15, -0.1) is 0 Å². The van der Waals surface area contributed by atoms with E-state index in [1.54, 1.807) is 0 Å². The van der Waals surface area contributed by atoms with E-state index in [9.17, 15) is 9.59 Å². The number of rotatable bonds is 6. The van der Waals surface area contributed by atoms with Crippen molar-refractivity contribution in [1.82, 2.24) is 10.2 Å². The van der Waals surface area contributed by atoms with Gasteiger partial charge in [0.15, 0.2) is 0 Å². The lowest BCUT2D eigenvalue weighted by atomic mass is 9.95. The molecule has 28 heavy (non-hydrogen) atoms. The molecule has 0 aliphatic carbocycles. The Balaban J connectivity index is 1.41. The molecular weight excluding hydrogens is 350 g/mol. The maximum Gasteiger partial charge on any atom is 0.238 e. The van der Waals surface area contributed by atoms with E-state index < -0.39 is 0 Å². The average molecular weight is 380 g/mol. The van der Waals surface area contributed by atoms with Crippen molar-refractivity contribution in [2.75, 3.05) is 25.0 Å². The summed E-state index contributed by atoms with van der Waals surface area (Å²) in [5.74, 6) is 0.118. The summed E-state index contributed by atoms with van der Waals surface area (Å²) >= 11 is 0. The Labute approximate surface area is 167 Å². The maximum atomic E-state index is 12.6. The number of benzene rings is 2. The lowest BCUT2D eigenvalue weighted by Crippen LogP contribution is -2.43. The molecule has 0 radical (unpaired) electrons. The summed E-state index contributed by atoms with van der Waals surface area (Å²) in [4.78, 5) is 26.9. The Morgan fingerprint density at radius 3 is 2.32 bits per heavy atom. The standard InChI is InChI=1S/C23H29N3O2/c1-17-8-10-21(11-9-17)25-22(27)16-26-14-12-20(13-15-26)23(28)24-18(2)19-6-4-3-5-7-19/h3-11,18,20H,12-16H2,1-2H3,(H,24,28)(H,25,27). The minimum absolute atomic E-state index is 0.00650. The summed E-state index contributed by atoms with van der Waals surface area (Å²) in [6.45, 7) is 5.92. The average Bonchev–Trinajstić information content (AvgIpc) is 2.71. The van der Waals surface area contributed by atoms with Crippen molar-refractivity contribution in [2.24, 2.45) is 5.92 Å². The second kappa shape index (κ2) is 9.51. The van der Waals surface area contributed by atoms with Crippen molar-refractivity contribution >= 4 is 17.5 Å². The lowest BCUT2D eigenvalue weighted by Gasteiger charge is -2.31. The first-order valence-electron chi connectivity index (χ1n) is 9.95. The van der Waals surface area contributed by atoms with E-state index in [0.29, 0.717) is 6.54 Å². The lowest BCUT2D eigenvalue weighted by molar-refractivity contribution is -0.127. The van der Waals surface area contributed by atoms with Crippen LogP contribution in [0.15, 0.2) is 54.6 Å². The van der Waals surface area contributed by atoms with E-state index >= 15 is 0 Å². The van der Waals surface area contributed by atoms with Crippen molar-refractivity contribution in [3.8, 4) is 0 Å². The van der Waals surface area contributed by atoms with E-state index in [2.05, 4.69) is 15.5 Å². The van der Waals surface area contributed by atoms with Gasteiger partial charge in [0.1, 0.15) is 0 Å². The van der Waals surface area contributed by atoms with Crippen LogP contribution in [0.3, 0.4) is 0 Å². The van der Waals surface area contributed by atoms with Crippen LogP contribution in [0.4, 0.5) is 5.69 Å². The van der Waals surface area contributed by atoms with E-state index in [-0.39, 0.29) is 23.8 Å². The molecule has 1 saturated heterocycles. The van der Waals surface area contributed by atoms with Crippen LogP contribution in [0, 0.1) is 12.8 Å². The molecule has 2 N–H and O–H groups in total. The zero-order valence-corrected chi connectivity index (χ0v) is 16.7. The second-order valence-corrected chi connectivity index (χ2v) is 7.61. The van der Waals surface area contributed by atoms with Crippen LogP contribution in [-0.2, 0) is 9.59 Å². The highest BCUT2D eigenvalue weighted by molar-refractivity contribution is 5.92. The fourth-order valence-electron chi connectivity index (χ4n) is 3.55. The third kappa shape index (κ3) is 5.67. The number of carbonyl (C=O) groups is 2. The molecule has 1 heterocycles. The van der Waals surface area contributed by atoms with Crippen LogP contribution >= 0.6 is 0 Å². The zero-order chi connectivity index (χ0) is 19.9. The SMILES string of the molecule is Cc1ccc(NC(=O)CN2CCC(C(=O)NC(C)c3ccccc3)CC2)cc1. The van der Waals surface area contributed by atoms with Gasteiger partial charge in [-0.3, -0.25) is 14.5 Å². The number of nitrogens with zero attached hydrogens (tertiary/aromatic N) is 1. The van der Waals surface area contributed by atoms with Gasteiger partial charge in [0.25, 0.3) is 0 Å². The van der Waals surface area contributed by atoms with Crippen LogP contribution in [-0.4, -0.2) is 36.3 Å². The molecule has 0 spiro atoms. The molecule has 5 nitrogen and oxygen atoms in total. The number of hydrogen-bond acceptors (Lipinski definition) is 3. The van der Waals surface area contributed by atoms with Gasteiger partial charge in [-0.25, -0.2) is 0 Å². The normalized spacial score (nSPS) is 16.4. The topological polar surface area (TPSA) is 61.4 Å². The molecule has 1 aliphatic heterocycles. The van der Waals surface area contributed by atoms with E-state index in [1.165, 1.54) is 5.56 Å².